The number of hydrogen-bond acceptors (Lipinski definition) is 3. The Balaban J connectivity index is 2.38. The number of carbonyl (C=O) groups is 3. The van der Waals surface area contributed by atoms with E-state index in [1.165, 1.54) is 0 Å². The van der Waals surface area contributed by atoms with Crippen molar-refractivity contribution in [2.45, 2.75) is 51.1 Å². The van der Waals surface area contributed by atoms with Crippen molar-refractivity contribution in [1.29, 1.82) is 0 Å². The second-order valence-corrected chi connectivity index (χ2v) is 5.13. The van der Waals surface area contributed by atoms with Crippen molar-refractivity contribution in [1.82, 2.24) is 10.6 Å². The zero-order chi connectivity index (χ0) is 14.4. The first kappa shape index (κ1) is 15.3. The maximum absolute atomic E-state index is 11.7. The lowest BCUT2D eigenvalue weighted by Crippen LogP contribution is -2.48. The third-order valence-corrected chi connectivity index (χ3v) is 3.31. The van der Waals surface area contributed by atoms with E-state index in [0.717, 1.165) is 19.3 Å². The minimum absolute atomic E-state index is 0.000837. The Labute approximate surface area is 111 Å². The van der Waals surface area contributed by atoms with E-state index in [4.69, 9.17) is 10.8 Å². The predicted molar refractivity (Wildman–Crippen MR) is 68.3 cm³/mol. The number of nitrogens with two attached hydrogens (primary N) is 1. The lowest BCUT2D eigenvalue weighted by atomic mass is 10.1. The number of nitrogens with one attached hydrogen (secondary N) is 2. The van der Waals surface area contributed by atoms with Crippen molar-refractivity contribution in [3.05, 3.63) is 0 Å². The molecule has 108 valence electrons. The van der Waals surface area contributed by atoms with Crippen LogP contribution in [0.5, 0.6) is 0 Å². The molecule has 3 amide bonds. The molecule has 0 aliphatic heterocycles. The highest BCUT2D eigenvalue weighted by molar-refractivity contribution is 5.83. The highest BCUT2D eigenvalue weighted by Crippen LogP contribution is 2.24. The minimum atomic E-state index is -1.17. The molecule has 1 rings (SSSR count). The van der Waals surface area contributed by atoms with Crippen molar-refractivity contribution >= 4 is 17.9 Å². The first-order valence-corrected chi connectivity index (χ1v) is 6.46. The first-order valence-electron chi connectivity index (χ1n) is 6.46. The minimum Gasteiger partial charge on any atom is -0.480 e. The molecule has 7 heteroatoms. The average molecular weight is 271 g/mol. The number of rotatable bonds is 6. The molecule has 3 unspecified atom stereocenters. The van der Waals surface area contributed by atoms with Gasteiger partial charge in [-0.25, -0.2) is 9.59 Å². The van der Waals surface area contributed by atoms with Crippen molar-refractivity contribution in [3.8, 4) is 0 Å². The molecule has 1 aliphatic rings. The van der Waals surface area contributed by atoms with Gasteiger partial charge in [0.2, 0.25) is 5.91 Å². The molecule has 19 heavy (non-hydrogen) atoms. The summed E-state index contributed by atoms with van der Waals surface area (Å²) in [5, 5.41) is 14.1. The summed E-state index contributed by atoms with van der Waals surface area (Å²) in [5.41, 5.74) is 4.96. The van der Waals surface area contributed by atoms with Crippen LogP contribution < -0.4 is 16.4 Å². The quantitative estimate of drug-likeness (QED) is 0.551. The Morgan fingerprint density at radius 2 is 2.05 bits per heavy atom. The summed E-state index contributed by atoms with van der Waals surface area (Å²) < 4.78 is 0. The predicted octanol–water partition coefficient (Wildman–Crippen LogP) is 0.193. The van der Waals surface area contributed by atoms with Gasteiger partial charge in [-0.1, -0.05) is 6.92 Å². The highest BCUT2D eigenvalue weighted by Gasteiger charge is 2.25. The molecule has 0 aromatic carbocycles. The van der Waals surface area contributed by atoms with Gasteiger partial charge in [0.05, 0.1) is 0 Å². The fourth-order valence-electron chi connectivity index (χ4n) is 2.27. The van der Waals surface area contributed by atoms with Crippen LogP contribution in [0.3, 0.4) is 0 Å². The van der Waals surface area contributed by atoms with Crippen molar-refractivity contribution in [2.24, 2.45) is 11.7 Å². The topological polar surface area (TPSA) is 122 Å². The second-order valence-electron chi connectivity index (χ2n) is 5.13. The SMILES string of the molecule is CC1CCC(NC(=O)NC(CCC(N)=O)C(=O)O)C1. The van der Waals surface area contributed by atoms with E-state index in [2.05, 4.69) is 17.6 Å². The molecule has 7 nitrogen and oxygen atoms in total. The number of urea groups is 1. The van der Waals surface area contributed by atoms with Gasteiger partial charge >= 0.3 is 12.0 Å². The van der Waals surface area contributed by atoms with Gasteiger partial charge in [-0.05, 0) is 31.6 Å². The summed E-state index contributed by atoms with van der Waals surface area (Å²) in [4.78, 5) is 33.2. The van der Waals surface area contributed by atoms with Crippen LogP contribution in [0.2, 0.25) is 0 Å². The normalized spacial score (nSPS) is 23.6. The van der Waals surface area contributed by atoms with Crippen LogP contribution in [0.4, 0.5) is 4.79 Å². The second kappa shape index (κ2) is 6.96. The molecule has 0 heterocycles. The van der Waals surface area contributed by atoms with Crippen LogP contribution in [0.1, 0.15) is 39.0 Å². The number of amides is 3. The zero-order valence-electron chi connectivity index (χ0n) is 11.0. The van der Waals surface area contributed by atoms with Gasteiger partial charge in [0.15, 0.2) is 0 Å². The molecule has 0 bridgehead atoms. The lowest BCUT2D eigenvalue weighted by molar-refractivity contribution is -0.139. The fourth-order valence-corrected chi connectivity index (χ4v) is 2.27. The maximum Gasteiger partial charge on any atom is 0.326 e. The van der Waals surface area contributed by atoms with Crippen LogP contribution in [0, 0.1) is 5.92 Å². The van der Waals surface area contributed by atoms with Gasteiger partial charge < -0.3 is 21.5 Å². The van der Waals surface area contributed by atoms with Gasteiger partial charge in [0.25, 0.3) is 0 Å². The number of aliphatic carboxylic acids is 1. The molecule has 0 radical (unpaired) electrons. The Bertz CT molecular complexity index is 359. The monoisotopic (exact) mass is 271 g/mol. The zero-order valence-corrected chi connectivity index (χ0v) is 11.0. The van der Waals surface area contributed by atoms with Crippen LogP contribution in [-0.2, 0) is 9.59 Å². The van der Waals surface area contributed by atoms with Crippen LogP contribution in [-0.4, -0.2) is 35.1 Å². The van der Waals surface area contributed by atoms with Gasteiger partial charge in [-0.15, -0.1) is 0 Å². The smallest absolute Gasteiger partial charge is 0.326 e. The van der Waals surface area contributed by atoms with E-state index in [0.29, 0.717) is 5.92 Å². The molecule has 0 saturated heterocycles. The van der Waals surface area contributed by atoms with E-state index < -0.39 is 23.9 Å². The Morgan fingerprint density at radius 3 is 2.53 bits per heavy atom. The van der Waals surface area contributed by atoms with E-state index in [1.807, 2.05) is 0 Å². The van der Waals surface area contributed by atoms with Crippen LogP contribution in [0.25, 0.3) is 0 Å². The maximum atomic E-state index is 11.7. The van der Waals surface area contributed by atoms with Gasteiger partial charge in [-0.2, -0.15) is 0 Å². The first-order chi connectivity index (χ1) is 8.88. The summed E-state index contributed by atoms with van der Waals surface area (Å²) in [6.45, 7) is 2.12. The third kappa shape index (κ3) is 5.58. The summed E-state index contributed by atoms with van der Waals surface area (Å²) >= 11 is 0. The van der Waals surface area contributed by atoms with E-state index >= 15 is 0 Å². The van der Waals surface area contributed by atoms with Crippen molar-refractivity contribution in [3.63, 3.8) is 0 Å². The highest BCUT2D eigenvalue weighted by atomic mass is 16.4. The average Bonchev–Trinajstić information content (AvgIpc) is 2.69. The van der Waals surface area contributed by atoms with Crippen molar-refractivity contribution < 1.29 is 19.5 Å². The number of hydrogen-bond donors (Lipinski definition) is 4. The lowest BCUT2D eigenvalue weighted by Gasteiger charge is -2.17. The summed E-state index contributed by atoms with van der Waals surface area (Å²) in [7, 11) is 0. The van der Waals surface area contributed by atoms with E-state index in [1.54, 1.807) is 0 Å². The van der Waals surface area contributed by atoms with Crippen molar-refractivity contribution in [2.75, 3.05) is 0 Å². The van der Waals surface area contributed by atoms with Gasteiger partial charge in [0.1, 0.15) is 6.04 Å². The number of primary amides is 1. The molecule has 0 aromatic heterocycles. The number of carboxylic acids is 1. The third-order valence-electron chi connectivity index (χ3n) is 3.31. The number of carboxylic acid groups (broad SMARTS) is 1. The van der Waals surface area contributed by atoms with Gasteiger partial charge in [-0.3, -0.25) is 4.79 Å². The molecule has 5 N–H and O–H groups in total. The number of carbonyl (C=O) groups excluding carboxylic acids is 2. The van der Waals surface area contributed by atoms with Gasteiger partial charge in [0, 0.05) is 12.5 Å². The summed E-state index contributed by atoms with van der Waals surface area (Å²) in [5.74, 6) is -1.18. The molecule has 0 spiro atoms. The summed E-state index contributed by atoms with van der Waals surface area (Å²) in [6.07, 6.45) is 2.81. The summed E-state index contributed by atoms with van der Waals surface area (Å²) in [6, 6.07) is -1.50. The standard InChI is InChI=1S/C12H21N3O4/c1-7-2-3-8(6-7)14-12(19)15-9(11(17)18)4-5-10(13)16/h7-9H,2-6H2,1H3,(H2,13,16)(H,17,18)(H2,14,15,19). The van der Waals surface area contributed by atoms with E-state index in [9.17, 15) is 14.4 Å². The molecular weight excluding hydrogens is 250 g/mol. The Kier molecular flexibility index (Phi) is 5.59. The molecule has 1 fully saturated rings. The van der Waals surface area contributed by atoms with E-state index in [-0.39, 0.29) is 18.9 Å². The molecule has 1 saturated carbocycles. The molecule has 0 aromatic rings. The van der Waals surface area contributed by atoms with Crippen LogP contribution in [0.15, 0.2) is 0 Å². The Morgan fingerprint density at radius 1 is 1.37 bits per heavy atom. The Hall–Kier alpha value is -1.79. The fraction of sp³-hybridized carbons (Fsp3) is 0.750. The van der Waals surface area contributed by atoms with Crippen LogP contribution >= 0.6 is 0 Å². The molecule has 1 aliphatic carbocycles. The largest absolute Gasteiger partial charge is 0.480 e. The molecular formula is C12H21N3O4. The molecule has 3 atom stereocenters.